The number of amides is 2. The molecule has 2 heterocycles. The van der Waals surface area contributed by atoms with Crippen molar-refractivity contribution in [3.8, 4) is 28.5 Å². The van der Waals surface area contributed by atoms with Gasteiger partial charge in [0.15, 0.2) is 5.16 Å². The van der Waals surface area contributed by atoms with Gasteiger partial charge in [-0.15, -0.1) is 11.3 Å². The van der Waals surface area contributed by atoms with Crippen molar-refractivity contribution in [1.29, 1.82) is 0 Å². The van der Waals surface area contributed by atoms with E-state index in [0.29, 0.717) is 27.4 Å². The fraction of sp³-hybridized carbons (Fsp3) is 0.344. The molecular weight excluding hydrogens is 599 g/mol. The molecule has 0 aliphatic rings. The van der Waals surface area contributed by atoms with E-state index in [4.69, 9.17) is 19.2 Å². The molecule has 1 unspecified atom stereocenters. The van der Waals surface area contributed by atoms with E-state index in [1.165, 1.54) is 30.2 Å². The topological polar surface area (TPSA) is 116 Å². The van der Waals surface area contributed by atoms with Gasteiger partial charge in [0.1, 0.15) is 28.3 Å². The lowest BCUT2D eigenvalue weighted by Gasteiger charge is -2.33. The first kappa shape index (κ1) is 32.7. The number of anilines is 1. The Morgan fingerprint density at radius 3 is 2.18 bits per heavy atom. The van der Waals surface area contributed by atoms with Crippen LogP contribution >= 0.6 is 23.1 Å². The molecule has 1 N–H and O–H groups in total. The van der Waals surface area contributed by atoms with Crippen LogP contribution in [0.15, 0.2) is 59.1 Å². The molecule has 1 atom stereocenters. The molecule has 0 saturated heterocycles. The van der Waals surface area contributed by atoms with E-state index >= 15 is 0 Å². The highest BCUT2D eigenvalue weighted by Gasteiger charge is 2.34. The monoisotopic (exact) mass is 635 g/mol. The van der Waals surface area contributed by atoms with Gasteiger partial charge in [-0.05, 0) is 62.2 Å². The molecule has 4 aromatic rings. The summed E-state index contributed by atoms with van der Waals surface area (Å²) in [6.45, 7) is 7.77. The Kier molecular flexibility index (Phi) is 11.2. The minimum atomic E-state index is -0.802. The quantitative estimate of drug-likeness (QED) is 0.139. The fourth-order valence-electron chi connectivity index (χ4n) is 4.65. The van der Waals surface area contributed by atoms with Crippen LogP contribution in [0, 0.1) is 19.8 Å². The molecular formula is C32H37N5O5S2. The number of hydrogen-bond acceptors (Lipinski definition) is 10. The predicted octanol–water partition coefficient (Wildman–Crippen LogP) is 6.03. The van der Waals surface area contributed by atoms with Crippen LogP contribution in [0.4, 0.5) is 5.69 Å². The lowest BCUT2D eigenvalue weighted by atomic mass is 10.0. The van der Waals surface area contributed by atoms with E-state index in [1.54, 1.807) is 37.3 Å². The summed E-state index contributed by atoms with van der Waals surface area (Å²) in [6.07, 6.45) is 0. The number of nitrogens with zero attached hydrogens (tertiary/aromatic N) is 4. The van der Waals surface area contributed by atoms with E-state index in [1.807, 2.05) is 63.4 Å². The number of carbonyl (C=O) groups is 2. The van der Waals surface area contributed by atoms with Crippen molar-refractivity contribution in [2.75, 3.05) is 32.4 Å². The first-order valence-corrected chi connectivity index (χ1v) is 15.8. The lowest BCUT2D eigenvalue weighted by Crippen LogP contribution is -2.50. The SMILES string of the molecule is COc1ccc(-c2csc(CN(C(=O)CSc3nc(C)cc(C)n3)C(C(=O)Nc3ccc(OC)cc3OC)C(C)C)n2)cc1. The summed E-state index contributed by atoms with van der Waals surface area (Å²) >= 11 is 2.69. The molecule has 12 heteroatoms. The number of nitrogens with one attached hydrogen (secondary N) is 1. The van der Waals surface area contributed by atoms with Crippen molar-refractivity contribution < 1.29 is 23.8 Å². The average Bonchev–Trinajstić information content (AvgIpc) is 3.47. The molecule has 0 aliphatic carbocycles. The Morgan fingerprint density at radius 2 is 1.57 bits per heavy atom. The molecule has 232 valence electrons. The third-order valence-corrected chi connectivity index (χ3v) is 8.42. The van der Waals surface area contributed by atoms with Gasteiger partial charge >= 0.3 is 0 Å². The summed E-state index contributed by atoms with van der Waals surface area (Å²) in [5.41, 5.74) is 3.84. The number of hydrogen-bond donors (Lipinski definition) is 1. The molecule has 4 rings (SSSR count). The highest BCUT2D eigenvalue weighted by molar-refractivity contribution is 7.99. The first-order chi connectivity index (χ1) is 21.1. The zero-order chi connectivity index (χ0) is 31.8. The number of aromatic nitrogens is 3. The van der Waals surface area contributed by atoms with Crippen LogP contribution < -0.4 is 19.5 Å². The van der Waals surface area contributed by atoms with Crippen molar-refractivity contribution in [2.24, 2.45) is 5.92 Å². The van der Waals surface area contributed by atoms with Gasteiger partial charge in [0.25, 0.3) is 0 Å². The molecule has 10 nitrogen and oxygen atoms in total. The maximum absolute atomic E-state index is 13.9. The van der Waals surface area contributed by atoms with Gasteiger partial charge in [0.05, 0.1) is 45.0 Å². The number of thioether (sulfide) groups is 1. The fourth-order valence-corrected chi connectivity index (χ4v) is 6.28. The minimum absolute atomic E-state index is 0.0575. The molecule has 0 spiro atoms. The predicted molar refractivity (Wildman–Crippen MR) is 174 cm³/mol. The maximum atomic E-state index is 13.9. The second-order valence-corrected chi connectivity index (χ2v) is 12.2. The number of aryl methyl sites for hydroxylation is 2. The van der Waals surface area contributed by atoms with Crippen LogP contribution in [0.2, 0.25) is 0 Å². The summed E-state index contributed by atoms with van der Waals surface area (Å²) in [7, 11) is 4.71. The van der Waals surface area contributed by atoms with E-state index in [2.05, 4.69) is 15.3 Å². The Hall–Kier alpha value is -4.16. The van der Waals surface area contributed by atoms with E-state index in [0.717, 1.165) is 28.4 Å². The zero-order valence-electron chi connectivity index (χ0n) is 25.9. The van der Waals surface area contributed by atoms with Gasteiger partial charge in [0.2, 0.25) is 11.8 Å². The van der Waals surface area contributed by atoms with Gasteiger partial charge in [-0.1, -0.05) is 25.6 Å². The van der Waals surface area contributed by atoms with Crippen molar-refractivity contribution in [1.82, 2.24) is 19.9 Å². The summed E-state index contributed by atoms with van der Waals surface area (Å²) < 4.78 is 16.1. The summed E-state index contributed by atoms with van der Waals surface area (Å²) in [5.74, 6) is 1.08. The zero-order valence-corrected chi connectivity index (χ0v) is 27.5. The van der Waals surface area contributed by atoms with Crippen molar-refractivity contribution in [3.63, 3.8) is 0 Å². The second kappa shape index (κ2) is 15.0. The Balaban J connectivity index is 1.63. The maximum Gasteiger partial charge on any atom is 0.247 e. The second-order valence-electron chi connectivity index (χ2n) is 10.3. The molecule has 0 saturated carbocycles. The number of methoxy groups -OCH3 is 3. The third kappa shape index (κ3) is 8.26. The highest BCUT2D eigenvalue weighted by Crippen LogP contribution is 2.31. The summed E-state index contributed by atoms with van der Waals surface area (Å²) in [4.78, 5) is 43.2. The van der Waals surface area contributed by atoms with Gasteiger partial charge in [-0.25, -0.2) is 15.0 Å². The Morgan fingerprint density at radius 1 is 0.909 bits per heavy atom. The molecule has 0 fully saturated rings. The summed E-state index contributed by atoms with van der Waals surface area (Å²) in [6, 6.07) is 13.9. The van der Waals surface area contributed by atoms with Crippen LogP contribution in [0.1, 0.15) is 30.2 Å². The molecule has 2 aromatic carbocycles. The van der Waals surface area contributed by atoms with Crippen molar-refractivity contribution in [2.45, 2.75) is 45.4 Å². The van der Waals surface area contributed by atoms with Crippen LogP contribution in [0.3, 0.4) is 0 Å². The molecule has 0 radical (unpaired) electrons. The van der Waals surface area contributed by atoms with Crippen LogP contribution in [-0.4, -0.2) is 64.8 Å². The largest absolute Gasteiger partial charge is 0.497 e. The number of benzene rings is 2. The molecule has 44 heavy (non-hydrogen) atoms. The van der Waals surface area contributed by atoms with Gasteiger partial charge < -0.3 is 24.4 Å². The van der Waals surface area contributed by atoms with Gasteiger partial charge in [-0.2, -0.15) is 0 Å². The van der Waals surface area contributed by atoms with E-state index in [-0.39, 0.29) is 30.0 Å². The smallest absolute Gasteiger partial charge is 0.247 e. The number of carbonyl (C=O) groups excluding carboxylic acids is 2. The number of ether oxygens (including phenoxy) is 3. The van der Waals surface area contributed by atoms with Crippen molar-refractivity contribution >= 4 is 40.6 Å². The summed E-state index contributed by atoms with van der Waals surface area (Å²) in [5, 5.41) is 6.14. The normalized spacial score (nSPS) is 11.6. The highest BCUT2D eigenvalue weighted by atomic mass is 32.2. The molecule has 2 amide bonds. The molecule has 0 bridgehead atoms. The lowest BCUT2D eigenvalue weighted by molar-refractivity contribution is -0.138. The van der Waals surface area contributed by atoms with Gasteiger partial charge in [-0.3, -0.25) is 9.59 Å². The van der Waals surface area contributed by atoms with E-state index in [9.17, 15) is 9.59 Å². The molecule has 2 aromatic heterocycles. The Labute approximate surface area is 266 Å². The number of thiazole rings is 1. The van der Waals surface area contributed by atoms with Crippen LogP contribution in [0.5, 0.6) is 17.2 Å². The molecule has 0 aliphatic heterocycles. The third-order valence-electron chi connectivity index (χ3n) is 6.75. The minimum Gasteiger partial charge on any atom is -0.497 e. The Bertz CT molecular complexity index is 1570. The van der Waals surface area contributed by atoms with Crippen molar-refractivity contribution in [3.05, 3.63) is 70.3 Å². The van der Waals surface area contributed by atoms with Gasteiger partial charge in [0, 0.05) is 28.4 Å². The first-order valence-electron chi connectivity index (χ1n) is 14.0. The average molecular weight is 636 g/mol. The van der Waals surface area contributed by atoms with Crippen LogP contribution in [-0.2, 0) is 16.1 Å². The van der Waals surface area contributed by atoms with E-state index < -0.39 is 6.04 Å². The van der Waals surface area contributed by atoms with Crippen LogP contribution in [0.25, 0.3) is 11.3 Å². The standard InChI is InChI=1S/C32H37N5O5S2/c1-19(2)30(31(39)36-25-13-12-24(41-6)15-27(25)42-7)37(29(38)18-44-32-33-20(3)14-21(4)34-32)16-28-35-26(17-43-28)22-8-10-23(40-5)11-9-22/h8-15,17,19,30H,16,18H2,1-7H3,(H,36,39). The number of rotatable bonds is 13.